The van der Waals surface area contributed by atoms with Crippen LogP contribution in [-0.2, 0) is 0 Å². The van der Waals surface area contributed by atoms with Crippen LogP contribution in [-0.4, -0.2) is 17.9 Å². The minimum atomic E-state index is -0.520. The molecule has 0 aliphatic carbocycles. The first-order valence-electron chi connectivity index (χ1n) is 10.1. The van der Waals surface area contributed by atoms with E-state index in [2.05, 4.69) is 10.6 Å². The van der Waals surface area contributed by atoms with Crippen molar-refractivity contribution in [1.29, 1.82) is 0 Å². The Balaban J connectivity index is 1.70. The monoisotopic (exact) mass is 474 g/mol. The molecule has 1 heterocycles. The highest BCUT2D eigenvalue weighted by atomic mass is 35.5. The van der Waals surface area contributed by atoms with Gasteiger partial charge in [-0.3, -0.25) is 9.59 Å². The fourth-order valence-corrected chi connectivity index (χ4v) is 4.32. The third-order valence-corrected chi connectivity index (χ3v) is 6.08. The van der Waals surface area contributed by atoms with Crippen molar-refractivity contribution < 1.29 is 18.7 Å². The molecule has 0 saturated heterocycles. The van der Waals surface area contributed by atoms with Crippen molar-refractivity contribution in [2.45, 2.75) is 39.8 Å². The molecule has 0 aliphatic rings. The van der Waals surface area contributed by atoms with Crippen molar-refractivity contribution in [3.05, 3.63) is 80.9 Å². The van der Waals surface area contributed by atoms with Gasteiger partial charge in [-0.1, -0.05) is 23.7 Å². The fraction of sp³-hybridized carbons (Fsp3) is 0.250. The minimum Gasteiger partial charge on any atom is -0.491 e. The van der Waals surface area contributed by atoms with Crippen LogP contribution in [0.5, 0.6) is 5.75 Å². The zero-order valence-electron chi connectivity index (χ0n) is 18.2. The zero-order valence-corrected chi connectivity index (χ0v) is 19.7. The first-order valence-corrected chi connectivity index (χ1v) is 11.3. The van der Waals surface area contributed by atoms with Crippen LogP contribution in [0.25, 0.3) is 0 Å². The molecule has 32 heavy (non-hydrogen) atoms. The number of ether oxygens (including phenoxy) is 1. The molecular weight excluding hydrogens is 451 g/mol. The van der Waals surface area contributed by atoms with Gasteiger partial charge in [-0.25, -0.2) is 4.39 Å². The van der Waals surface area contributed by atoms with E-state index in [0.717, 1.165) is 34.3 Å². The third kappa shape index (κ3) is 5.87. The summed E-state index contributed by atoms with van der Waals surface area (Å²) in [6, 6.07) is 12.7. The van der Waals surface area contributed by atoms with E-state index in [1.807, 2.05) is 45.0 Å². The maximum absolute atomic E-state index is 13.2. The highest BCUT2D eigenvalue weighted by Gasteiger charge is 2.19. The number of rotatable bonds is 7. The number of benzene rings is 2. The Labute approximate surface area is 195 Å². The lowest BCUT2D eigenvalue weighted by Crippen LogP contribution is -2.26. The highest BCUT2D eigenvalue weighted by Crippen LogP contribution is 2.29. The van der Waals surface area contributed by atoms with Crippen molar-refractivity contribution in [1.82, 2.24) is 5.32 Å². The van der Waals surface area contributed by atoms with Gasteiger partial charge in [0.25, 0.3) is 11.8 Å². The molecule has 1 unspecified atom stereocenters. The van der Waals surface area contributed by atoms with Crippen molar-refractivity contribution >= 4 is 39.8 Å². The summed E-state index contributed by atoms with van der Waals surface area (Å²) in [6.07, 6.45) is 0.0577. The smallest absolute Gasteiger partial charge is 0.262 e. The fourth-order valence-electron chi connectivity index (χ4n) is 3.10. The van der Waals surface area contributed by atoms with E-state index >= 15 is 0 Å². The number of amides is 2. The molecule has 0 fully saturated rings. The summed E-state index contributed by atoms with van der Waals surface area (Å²) in [5.74, 6) is -0.489. The van der Waals surface area contributed by atoms with Gasteiger partial charge < -0.3 is 15.4 Å². The molecule has 0 spiro atoms. The lowest BCUT2D eigenvalue weighted by Gasteiger charge is -2.16. The van der Waals surface area contributed by atoms with Crippen LogP contribution >= 0.6 is 22.9 Å². The molecule has 1 aromatic heterocycles. The largest absolute Gasteiger partial charge is 0.491 e. The number of anilines is 1. The van der Waals surface area contributed by atoms with Crippen LogP contribution in [0, 0.1) is 12.7 Å². The van der Waals surface area contributed by atoms with Gasteiger partial charge in [0.15, 0.2) is 0 Å². The summed E-state index contributed by atoms with van der Waals surface area (Å²) in [5.41, 5.74) is 1.81. The lowest BCUT2D eigenvalue weighted by atomic mass is 10.1. The standard InChI is InChI=1S/C24H24ClFN2O3S/c1-13(2)31-18-7-5-6-16(11-18)15(4)27-24(30)22-14(3)10-21(32-22)28-23(29)19-9-8-17(26)12-20(19)25/h5-13,15H,1-4H3,(H,27,30)(H,28,29). The summed E-state index contributed by atoms with van der Waals surface area (Å²) < 4.78 is 18.9. The number of hydrogen-bond donors (Lipinski definition) is 2. The summed E-state index contributed by atoms with van der Waals surface area (Å²) >= 11 is 7.12. The van der Waals surface area contributed by atoms with E-state index in [9.17, 15) is 14.0 Å². The number of carbonyl (C=O) groups excluding carboxylic acids is 2. The molecule has 0 saturated carbocycles. The van der Waals surface area contributed by atoms with Gasteiger partial charge in [-0.05, 0) is 75.2 Å². The van der Waals surface area contributed by atoms with E-state index in [1.165, 1.54) is 12.1 Å². The van der Waals surface area contributed by atoms with Gasteiger partial charge in [-0.15, -0.1) is 11.3 Å². The normalized spacial score (nSPS) is 11.8. The lowest BCUT2D eigenvalue weighted by molar-refractivity contribution is 0.0942. The van der Waals surface area contributed by atoms with E-state index in [1.54, 1.807) is 13.0 Å². The molecule has 8 heteroatoms. The van der Waals surface area contributed by atoms with Gasteiger partial charge in [0.1, 0.15) is 11.6 Å². The molecule has 2 N–H and O–H groups in total. The zero-order chi connectivity index (χ0) is 23.4. The van der Waals surface area contributed by atoms with Gasteiger partial charge in [-0.2, -0.15) is 0 Å². The van der Waals surface area contributed by atoms with Crippen LogP contribution in [0.3, 0.4) is 0 Å². The van der Waals surface area contributed by atoms with Crippen LogP contribution in [0.2, 0.25) is 5.02 Å². The van der Waals surface area contributed by atoms with Crippen molar-refractivity contribution in [2.75, 3.05) is 5.32 Å². The molecule has 0 radical (unpaired) electrons. The maximum Gasteiger partial charge on any atom is 0.262 e. The first kappa shape index (κ1) is 23.8. The molecular formula is C24H24ClFN2O3S. The summed E-state index contributed by atoms with van der Waals surface area (Å²) in [6.45, 7) is 7.61. The van der Waals surface area contributed by atoms with Crippen LogP contribution in [0.4, 0.5) is 9.39 Å². The number of aryl methyl sites for hydroxylation is 1. The third-order valence-electron chi connectivity index (χ3n) is 4.61. The average Bonchev–Trinajstić information content (AvgIpc) is 3.07. The first-order chi connectivity index (χ1) is 15.1. The summed E-state index contributed by atoms with van der Waals surface area (Å²) in [4.78, 5) is 25.8. The van der Waals surface area contributed by atoms with Crippen molar-refractivity contribution in [3.63, 3.8) is 0 Å². The Kier molecular flexibility index (Phi) is 7.53. The molecule has 3 rings (SSSR count). The molecule has 5 nitrogen and oxygen atoms in total. The Morgan fingerprint density at radius 3 is 2.50 bits per heavy atom. The van der Waals surface area contributed by atoms with E-state index in [0.29, 0.717) is 9.88 Å². The molecule has 2 amide bonds. The van der Waals surface area contributed by atoms with Gasteiger partial charge in [0, 0.05) is 0 Å². The van der Waals surface area contributed by atoms with Gasteiger partial charge in [0.2, 0.25) is 0 Å². The second-order valence-corrected chi connectivity index (χ2v) is 9.09. The van der Waals surface area contributed by atoms with Crippen molar-refractivity contribution in [3.8, 4) is 5.75 Å². The average molecular weight is 475 g/mol. The summed E-state index contributed by atoms with van der Waals surface area (Å²) in [5, 5.41) is 6.23. The molecule has 0 bridgehead atoms. The predicted molar refractivity (Wildman–Crippen MR) is 127 cm³/mol. The number of hydrogen-bond acceptors (Lipinski definition) is 4. The van der Waals surface area contributed by atoms with E-state index in [4.69, 9.17) is 16.3 Å². The van der Waals surface area contributed by atoms with Crippen LogP contribution in [0.15, 0.2) is 48.5 Å². The van der Waals surface area contributed by atoms with Crippen LogP contribution in [0.1, 0.15) is 58.0 Å². The van der Waals surface area contributed by atoms with E-state index in [-0.39, 0.29) is 28.6 Å². The number of nitrogens with one attached hydrogen (secondary N) is 2. The van der Waals surface area contributed by atoms with E-state index < -0.39 is 11.7 Å². The Bertz CT molecular complexity index is 1150. The maximum atomic E-state index is 13.2. The molecule has 168 valence electrons. The number of halogens is 2. The molecule has 1 atom stereocenters. The van der Waals surface area contributed by atoms with Gasteiger partial charge >= 0.3 is 0 Å². The second-order valence-electron chi connectivity index (χ2n) is 7.64. The minimum absolute atomic E-state index is 0.0197. The number of carbonyl (C=O) groups is 2. The summed E-state index contributed by atoms with van der Waals surface area (Å²) in [7, 11) is 0. The van der Waals surface area contributed by atoms with Crippen molar-refractivity contribution in [2.24, 2.45) is 0 Å². The Morgan fingerprint density at radius 1 is 1.06 bits per heavy atom. The Morgan fingerprint density at radius 2 is 1.81 bits per heavy atom. The molecule has 0 aliphatic heterocycles. The second kappa shape index (κ2) is 10.1. The predicted octanol–water partition coefficient (Wildman–Crippen LogP) is 6.38. The molecule has 2 aromatic carbocycles. The van der Waals surface area contributed by atoms with Gasteiger partial charge in [0.05, 0.1) is 32.6 Å². The SMILES string of the molecule is Cc1cc(NC(=O)c2ccc(F)cc2Cl)sc1C(=O)NC(C)c1cccc(OC(C)C)c1. The highest BCUT2D eigenvalue weighted by molar-refractivity contribution is 7.18. The number of thiophene rings is 1. The Hall–Kier alpha value is -2.90. The topological polar surface area (TPSA) is 67.4 Å². The molecule has 3 aromatic rings. The quantitative estimate of drug-likeness (QED) is 0.417. The van der Waals surface area contributed by atoms with Crippen LogP contribution < -0.4 is 15.4 Å².